The van der Waals surface area contributed by atoms with E-state index in [4.69, 9.17) is 9.72 Å². The van der Waals surface area contributed by atoms with Crippen LogP contribution in [0.1, 0.15) is 76.3 Å². The zero-order chi connectivity index (χ0) is 27.9. The van der Waals surface area contributed by atoms with Gasteiger partial charge >= 0.3 is 0 Å². The van der Waals surface area contributed by atoms with E-state index in [9.17, 15) is 4.79 Å². The molecule has 5 aliphatic heterocycles. The number of ketones is 1. The Bertz CT molecular complexity index is 1640. The highest BCUT2D eigenvalue weighted by Crippen LogP contribution is 2.70. The maximum atomic E-state index is 12.8. The standard InChI is InChI=1S/C36H42N4O2/c41-25-10-9-20-40-33-34-23-36(40,17-13-25)42-35(33)16-7-3-1-2-4-8-19-39(24-34)21-15-29(34)28(22-35)31-32-27(14-18-37-31)26-11-5-6-12-30(26)38-32/h1,3,5-6,11-12,14,18,22,29,33,38H,2,4,7-10,13,15-17,19-21,23-24H2/b3-1-/t29?,33?,34-,35-,36?/m0/s1. The number of nitrogens with zero attached hydrogens (tertiary/aromatic N) is 3. The molecule has 0 amide bonds. The molecule has 0 radical (unpaired) electrons. The molecule has 1 aliphatic carbocycles. The van der Waals surface area contributed by atoms with E-state index < -0.39 is 0 Å². The first-order chi connectivity index (χ1) is 20.6. The molecule has 6 atom stereocenters. The molecule has 4 unspecified atom stereocenters. The Morgan fingerprint density at radius 2 is 1.88 bits per heavy atom. The van der Waals surface area contributed by atoms with E-state index in [1.54, 1.807) is 0 Å². The van der Waals surface area contributed by atoms with Gasteiger partial charge in [-0.25, -0.2) is 0 Å². The minimum Gasteiger partial charge on any atom is -0.353 e. The van der Waals surface area contributed by atoms with Crippen molar-refractivity contribution in [3.8, 4) is 0 Å². The van der Waals surface area contributed by atoms with Crippen LogP contribution in [0.2, 0.25) is 0 Å². The summed E-state index contributed by atoms with van der Waals surface area (Å²) in [6, 6.07) is 11.2. The second kappa shape index (κ2) is 9.35. The number of allylic oxidation sites excluding steroid dienone is 3. The number of aromatic amines is 1. The Hall–Kier alpha value is -2.80. The number of hydrogen-bond acceptors (Lipinski definition) is 5. The lowest BCUT2D eigenvalue weighted by molar-refractivity contribution is -0.180. The fraction of sp³-hybridized carbons (Fsp3) is 0.556. The maximum Gasteiger partial charge on any atom is 0.133 e. The number of ether oxygens (including phenoxy) is 1. The van der Waals surface area contributed by atoms with Gasteiger partial charge in [0.25, 0.3) is 0 Å². The van der Waals surface area contributed by atoms with Crippen molar-refractivity contribution < 1.29 is 9.53 Å². The van der Waals surface area contributed by atoms with Crippen LogP contribution in [0.25, 0.3) is 27.4 Å². The van der Waals surface area contributed by atoms with Crippen LogP contribution in [0.15, 0.2) is 54.8 Å². The molecule has 4 fully saturated rings. The normalized spacial score (nSPS) is 39.2. The largest absolute Gasteiger partial charge is 0.353 e. The average molecular weight is 563 g/mol. The van der Waals surface area contributed by atoms with Gasteiger partial charge in [0.2, 0.25) is 0 Å². The number of pyridine rings is 1. The van der Waals surface area contributed by atoms with Gasteiger partial charge in [-0.2, -0.15) is 0 Å². The van der Waals surface area contributed by atoms with Gasteiger partial charge in [0.05, 0.1) is 17.3 Å². The summed E-state index contributed by atoms with van der Waals surface area (Å²) in [7, 11) is 0. The van der Waals surface area contributed by atoms with E-state index in [0.717, 1.165) is 69.4 Å². The second-order valence-corrected chi connectivity index (χ2v) is 14.1. The lowest BCUT2D eigenvalue weighted by atomic mass is 9.53. The van der Waals surface area contributed by atoms with Crippen molar-refractivity contribution >= 4 is 33.2 Å². The Morgan fingerprint density at radius 1 is 0.952 bits per heavy atom. The van der Waals surface area contributed by atoms with Crippen LogP contribution in [-0.4, -0.2) is 69.1 Å². The SMILES string of the molecule is O=C1CCCN2C3[C@@]45CN6CCCC/C=C\CC[C@@]3(C=C(c3nccc7c3[nH]c3ccccc37)C4CC6)OC2(CC1)C5. The number of carbonyl (C=O) groups is 1. The Balaban J connectivity index is 1.27. The number of nitrogens with one attached hydrogen (secondary N) is 1. The highest BCUT2D eigenvalue weighted by molar-refractivity contribution is 6.09. The molecule has 1 spiro atoms. The molecule has 218 valence electrons. The molecule has 42 heavy (non-hydrogen) atoms. The number of benzene rings is 1. The van der Waals surface area contributed by atoms with Crippen LogP contribution < -0.4 is 0 Å². The molecule has 1 N–H and O–H groups in total. The number of carbonyl (C=O) groups excluding carboxylic acids is 1. The fourth-order valence-electron chi connectivity index (χ4n) is 10.5. The van der Waals surface area contributed by atoms with Crippen molar-refractivity contribution in [2.24, 2.45) is 11.3 Å². The zero-order valence-electron chi connectivity index (χ0n) is 24.6. The second-order valence-electron chi connectivity index (χ2n) is 14.1. The third kappa shape index (κ3) is 3.55. The number of H-pyrrole nitrogens is 1. The summed E-state index contributed by atoms with van der Waals surface area (Å²) in [6.45, 7) is 4.44. The van der Waals surface area contributed by atoms with Gasteiger partial charge in [0, 0.05) is 53.8 Å². The molecular weight excluding hydrogens is 520 g/mol. The van der Waals surface area contributed by atoms with Crippen LogP contribution in [0, 0.1) is 11.3 Å². The Kier molecular flexibility index (Phi) is 5.71. The van der Waals surface area contributed by atoms with Crippen LogP contribution in [0.5, 0.6) is 0 Å². The molecule has 6 nitrogen and oxygen atoms in total. The van der Waals surface area contributed by atoms with E-state index >= 15 is 0 Å². The first-order valence-electron chi connectivity index (χ1n) is 16.6. The predicted molar refractivity (Wildman–Crippen MR) is 166 cm³/mol. The topological polar surface area (TPSA) is 61.5 Å². The van der Waals surface area contributed by atoms with Gasteiger partial charge in [-0.05, 0) is 101 Å². The van der Waals surface area contributed by atoms with Crippen molar-refractivity contribution in [1.29, 1.82) is 0 Å². The summed E-state index contributed by atoms with van der Waals surface area (Å²) in [5.74, 6) is 0.850. The number of rotatable bonds is 1. The molecule has 3 aromatic rings. The van der Waals surface area contributed by atoms with Crippen molar-refractivity contribution in [2.75, 3.05) is 26.2 Å². The molecule has 5 bridgehead atoms. The van der Waals surface area contributed by atoms with Crippen molar-refractivity contribution in [1.82, 2.24) is 19.8 Å². The van der Waals surface area contributed by atoms with E-state index in [-0.39, 0.29) is 16.7 Å². The Labute approximate surface area is 248 Å². The monoisotopic (exact) mass is 562 g/mol. The summed E-state index contributed by atoms with van der Waals surface area (Å²) in [4.78, 5) is 27.3. The van der Waals surface area contributed by atoms with Gasteiger partial charge in [0.1, 0.15) is 17.1 Å². The van der Waals surface area contributed by atoms with Crippen LogP contribution in [0.4, 0.5) is 0 Å². The summed E-state index contributed by atoms with van der Waals surface area (Å²) >= 11 is 0. The van der Waals surface area contributed by atoms with Crippen molar-refractivity contribution in [3.05, 3.63) is 60.5 Å². The van der Waals surface area contributed by atoms with Gasteiger partial charge in [-0.15, -0.1) is 0 Å². The number of Topliss-reactive ketones (excluding diaryl/α,β-unsaturated/α-hetero) is 1. The van der Waals surface area contributed by atoms with Crippen molar-refractivity contribution in [3.63, 3.8) is 0 Å². The quantitative estimate of drug-likeness (QED) is 0.338. The molecule has 1 aromatic carbocycles. The van der Waals surface area contributed by atoms with Crippen LogP contribution in [-0.2, 0) is 9.53 Å². The highest BCUT2D eigenvalue weighted by Gasteiger charge is 2.77. The van der Waals surface area contributed by atoms with Gasteiger partial charge in [-0.1, -0.05) is 30.4 Å². The maximum absolute atomic E-state index is 12.8. The van der Waals surface area contributed by atoms with E-state index in [1.165, 1.54) is 47.7 Å². The zero-order valence-corrected chi connectivity index (χ0v) is 24.6. The lowest BCUT2D eigenvalue weighted by Crippen LogP contribution is -2.65. The molecule has 2 aromatic heterocycles. The number of aromatic nitrogens is 2. The van der Waals surface area contributed by atoms with Gasteiger partial charge in [-0.3, -0.25) is 14.7 Å². The number of piperidine rings is 1. The number of para-hydroxylation sites is 1. The average Bonchev–Trinajstić information content (AvgIpc) is 3.58. The number of fused-ring (bicyclic) bond motifs is 4. The third-order valence-electron chi connectivity index (χ3n) is 11.9. The summed E-state index contributed by atoms with van der Waals surface area (Å²) in [5, 5.41) is 2.52. The number of hydrogen-bond donors (Lipinski definition) is 1. The first-order valence-corrected chi connectivity index (χ1v) is 16.6. The molecule has 6 aliphatic rings. The van der Waals surface area contributed by atoms with Crippen LogP contribution in [0.3, 0.4) is 0 Å². The smallest absolute Gasteiger partial charge is 0.133 e. The minimum absolute atomic E-state index is 0.0988. The molecule has 7 heterocycles. The molecule has 9 rings (SSSR count). The van der Waals surface area contributed by atoms with E-state index in [2.05, 4.69) is 63.3 Å². The molecule has 6 heteroatoms. The Morgan fingerprint density at radius 3 is 2.86 bits per heavy atom. The van der Waals surface area contributed by atoms with Gasteiger partial charge < -0.3 is 14.6 Å². The summed E-state index contributed by atoms with van der Waals surface area (Å²) in [5.41, 5.74) is 4.28. The third-order valence-corrected chi connectivity index (χ3v) is 11.9. The van der Waals surface area contributed by atoms with E-state index in [1.807, 2.05) is 6.20 Å². The summed E-state index contributed by atoms with van der Waals surface area (Å²) < 4.78 is 7.53. The van der Waals surface area contributed by atoms with Crippen molar-refractivity contribution in [2.45, 2.75) is 88.0 Å². The molecule has 4 saturated heterocycles. The lowest BCUT2D eigenvalue weighted by Gasteiger charge is -2.59. The summed E-state index contributed by atoms with van der Waals surface area (Å²) in [6.07, 6.45) is 20.5. The minimum atomic E-state index is -0.366. The molecule has 0 saturated carbocycles. The van der Waals surface area contributed by atoms with E-state index in [0.29, 0.717) is 30.6 Å². The first kappa shape index (κ1) is 25.7. The van der Waals surface area contributed by atoms with Crippen LogP contribution >= 0.6 is 0 Å². The highest BCUT2D eigenvalue weighted by atomic mass is 16.6. The van der Waals surface area contributed by atoms with Gasteiger partial charge in [0.15, 0.2) is 0 Å². The molecular formula is C36H42N4O2. The predicted octanol–water partition coefficient (Wildman–Crippen LogP) is 6.62. The fourth-order valence-corrected chi connectivity index (χ4v) is 10.5.